The van der Waals surface area contributed by atoms with Gasteiger partial charge in [-0.2, -0.15) is 0 Å². The second kappa shape index (κ2) is 7.58. The van der Waals surface area contributed by atoms with E-state index in [0.29, 0.717) is 5.92 Å². The Morgan fingerprint density at radius 1 is 0.852 bits per heavy atom. The van der Waals surface area contributed by atoms with Crippen molar-refractivity contribution >= 4 is 0 Å². The van der Waals surface area contributed by atoms with Crippen molar-refractivity contribution in [2.45, 2.75) is 26.9 Å². The zero-order valence-electron chi connectivity index (χ0n) is 15.7. The Bertz CT molecular complexity index is 1000. The minimum Gasteiger partial charge on any atom is -0.333 e. The Morgan fingerprint density at radius 3 is 2.37 bits per heavy atom. The molecule has 5 heteroatoms. The van der Waals surface area contributed by atoms with E-state index in [-0.39, 0.29) is 0 Å². The van der Waals surface area contributed by atoms with Gasteiger partial charge in [0, 0.05) is 36.3 Å². The van der Waals surface area contributed by atoms with Crippen molar-refractivity contribution < 1.29 is 0 Å². The first-order valence-electron chi connectivity index (χ1n) is 9.22. The van der Waals surface area contributed by atoms with Crippen molar-refractivity contribution in [1.82, 2.24) is 24.1 Å². The van der Waals surface area contributed by atoms with Crippen molar-refractivity contribution in [2.75, 3.05) is 0 Å². The third-order valence-corrected chi connectivity index (χ3v) is 4.53. The Morgan fingerprint density at radius 2 is 1.63 bits per heavy atom. The third kappa shape index (κ3) is 3.67. The molecule has 0 radical (unpaired) electrons. The summed E-state index contributed by atoms with van der Waals surface area (Å²) in [7, 11) is 0. The lowest BCUT2D eigenvalue weighted by molar-refractivity contribution is 0.504. The minimum absolute atomic E-state index is 0.570. The van der Waals surface area contributed by atoms with Crippen LogP contribution in [0, 0.1) is 5.92 Å². The van der Waals surface area contributed by atoms with Crippen LogP contribution in [0.25, 0.3) is 22.5 Å². The molecule has 4 rings (SSSR count). The minimum atomic E-state index is 0.570. The Hall–Kier alpha value is -3.21. The molecule has 0 N–H and O–H groups in total. The maximum atomic E-state index is 4.75. The average molecular weight is 357 g/mol. The van der Waals surface area contributed by atoms with Gasteiger partial charge in [-0.15, -0.1) is 0 Å². The molecule has 27 heavy (non-hydrogen) atoms. The van der Waals surface area contributed by atoms with E-state index in [4.69, 9.17) is 4.98 Å². The summed E-state index contributed by atoms with van der Waals surface area (Å²) in [6.07, 6.45) is 9.43. The van der Waals surface area contributed by atoms with Crippen LogP contribution in [0.5, 0.6) is 0 Å². The summed E-state index contributed by atoms with van der Waals surface area (Å²) in [6.45, 7) is 6.12. The van der Waals surface area contributed by atoms with Gasteiger partial charge in [0.1, 0.15) is 0 Å². The van der Waals surface area contributed by atoms with Gasteiger partial charge in [0.25, 0.3) is 0 Å². The molecule has 136 valence electrons. The van der Waals surface area contributed by atoms with Crippen LogP contribution in [0.1, 0.15) is 19.5 Å². The number of hydrogen-bond acceptors (Lipinski definition) is 3. The van der Waals surface area contributed by atoms with Gasteiger partial charge in [-0.25, -0.2) is 9.97 Å². The molecule has 1 aromatic carbocycles. The van der Waals surface area contributed by atoms with Gasteiger partial charge >= 0.3 is 0 Å². The molecule has 0 aliphatic rings. The summed E-state index contributed by atoms with van der Waals surface area (Å²) in [5.74, 6) is 0.570. The standard InChI is InChI=1S/C22H23N5/c1-17(2)13-26-15-24-12-20(26)14-27-16-25-21(18-6-4-3-5-7-18)22(27)19-8-10-23-11-9-19/h3-12,15-17H,13-14H2,1-2H3. The van der Waals surface area contributed by atoms with Gasteiger partial charge in [0.2, 0.25) is 0 Å². The van der Waals surface area contributed by atoms with E-state index in [9.17, 15) is 0 Å². The molecule has 4 aromatic rings. The van der Waals surface area contributed by atoms with Gasteiger partial charge in [0.15, 0.2) is 0 Å². The van der Waals surface area contributed by atoms with E-state index < -0.39 is 0 Å². The molecule has 0 saturated carbocycles. The summed E-state index contributed by atoms with van der Waals surface area (Å²) < 4.78 is 4.43. The maximum Gasteiger partial charge on any atom is 0.0963 e. The van der Waals surface area contributed by atoms with Crippen LogP contribution in [-0.4, -0.2) is 24.1 Å². The molecule has 0 spiro atoms. The van der Waals surface area contributed by atoms with Crippen LogP contribution in [0.3, 0.4) is 0 Å². The van der Waals surface area contributed by atoms with Crippen LogP contribution in [-0.2, 0) is 13.1 Å². The molecule has 0 fully saturated rings. The summed E-state index contributed by atoms with van der Waals surface area (Å²) in [5, 5.41) is 0. The molecule has 0 aliphatic carbocycles. The van der Waals surface area contributed by atoms with Gasteiger partial charge in [-0.05, 0) is 18.1 Å². The number of imidazole rings is 2. The first kappa shape index (κ1) is 17.2. The lowest BCUT2D eigenvalue weighted by Gasteiger charge is -2.14. The number of nitrogens with zero attached hydrogens (tertiary/aromatic N) is 5. The molecule has 3 aromatic heterocycles. The number of rotatable bonds is 6. The fourth-order valence-corrected chi connectivity index (χ4v) is 3.33. The number of pyridine rings is 1. The quantitative estimate of drug-likeness (QED) is 0.510. The fraction of sp³-hybridized carbons (Fsp3) is 0.227. The van der Waals surface area contributed by atoms with E-state index in [1.165, 1.54) is 5.69 Å². The summed E-state index contributed by atoms with van der Waals surface area (Å²) in [4.78, 5) is 13.3. The first-order valence-corrected chi connectivity index (χ1v) is 9.22. The van der Waals surface area contributed by atoms with Crippen LogP contribution in [0.15, 0.2) is 73.7 Å². The molecular formula is C22H23N5. The number of hydrogen-bond donors (Lipinski definition) is 0. The lowest BCUT2D eigenvalue weighted by Crippen LogP contribution is -2.10. The molecule has 0 bridgehead atoms. The highest BCUT2D eigenvalue weighted by atomic mass is 15.1. The maximum absolute atomic E-state index is 4.75. The van der Waals surface area contributed by atoms with Crippen LogP contribution < -0.4 is 0 Å². The highest BCUT2D eigenvalue weighted by molar-refractivity contribution is 5.78. The lowest BCUT2D eigenvalue weighted by atomic mass is 10.1. The summed E-state index contributed by atoms with van der Waals surface area (Å²) >= 11 is 0. The van der Waals surface area contributed by atoms with Crippen molar-refractivity contribution in [3.8, 4) is 22.5 Å². The largest absolute Gasteiger partial charge is 0.333 e. The van der Waals surface area contributed by atoms with Crippen LogP contribution in [0.4, 0.5) is 0 Å². The highest BCUT2D eigenvalue weighted by Crippen LogP contribution is 2.31. The summed E-state index contributed by atoms with van der Waals surface area (Å²) in [5.41, 5.74) is 5.48. The second-order valence-corrected chi connectivity index (χ2v) is 7.10. The van der Waals surface area contributed by atoms with Crippen LogP contribution in [0.2, 0.25) is 0 Å². The highest BCUT2D eigenvalue weighted by Gasteiger charge is 2.16. The third-order valence-electron chi connectivity index (χ3n) is 4.53. The van der Waals surface area contributed by atoms with E-state index in [0.717, 1.165) is 35.6 Å². The SMILES string of the molecule is CC(C)Cn1cncc1Cn1cnc(-c2ccccc2)c1-c1ccncc1. The molecule has 0 aliphatic heterocycles. The van der Waals surface area contributed by atoms with Gasteiger partial charge < -0.3 is 9.13 Å². The Labute approximate surface area is 159 Å². The first-order chi connectivity index (χ1) is 13.2. The Balaban J connectivity index is 1.78. The summed E-state index contributed by atoms with van der Waals surface area (Å²) in [6, 6.07) is 14.4. The predicted octanol–water partition coefficient (Wildman–Crippen LogP) is 4.51. The van der Waals surface area contributed by atoms with E-state index in [1.54, 1.807) is 0 Å². The van der Waals surface area contributed by atoms with Gasteiger partial charge in [-0.1, -0.05) is 44.2 Å². The topological polar surface area (TPSA) is 48.5 Å². The van der Waals surface area contributed by atoms with Crippen LogP contribution >= 0.6 is 0 Å². The molecule has 3 heterocycles. The van der Waals surface area contributed by atoms with E-state index >= 15 is 0 Å². The van der Waals surface area contributed by atoms with E-state index in [2.05, 4.69) is 45.1 Å². The fourth-order valence-electron chi connectivity index (χ4n) is 3.33. The predicted molar refractivity (Wildman–Crippen MR) is 107 cm³/mol. The smallest absolute Gasteiger partial charge is 0.0963 e. The van der Waals surface area contributed by atoms with Gasteiger partial charge in [-0.3, -0.25) is 4.98 Å². The van der Waals surface area contributed by atoms with Crippen molar-refractivity contribution in [1.29, 1.82) is 0 Å². The monoisotopic (exact) mass is 357 g/mol. The van der Waals surface area contributed by atoms with Gasteiger partial charge in [0.05, 0.1) is 36.3 Å². The number of benzene rings is 1. The normalized spacial score (nSPS) is 11.2. The molecule has 5 nitrogen and oxygen atoms in total. The van der Waals surface area contributed by atoms with E-state index in [1.807, 2.05) is 61.6 Å². The molecule has 0 atom stereocenters. The average Bonchev–Trinajstić information content (AvgIpc) is 3.30. The molecular weight excluding hydrogens is 334 g/mol. The molecule has 0 saturated heterocycles. The zero-order chi connectivity index (χ0) is 18.6. The van der Waals surface area contributed by atoms with Crippen molar-refractivity contribution in [2.24, 2.45) is 5.92 Å². The molecule has 0 amide bonds. The number of aromatic nitrogens is 5. The Kier molecular flexibility index (Phi) is 4.83. The zero-order valence-corrected chi connectivity index (χ0v) is 15.7. The second-order valence-electron chi connectivity index (χ2n) is 7.10. The van der Waals surface area contributed by atoms with Crippen molar-refractivity contribution in [3.05, 3.63) is 79.4 Å². The molecule has 0 unspecified atom stereocenters. The van der Waals surface area contributed by atoms with Crippen molar-refractivity contribution in [3.63, 3.8) is 0 Å².